The molecule has 0 aromatic rings. The van der Waals surface area contributed by atoms with Crippen LogP contribution in [0, 0.1) is 17.3 Å². The van der Waals surface area contributed by atoms with Crippen LogP contribution in [0.4, 0.5) is 0 Å². The maximum atomic E-state index is 12.3. The Morgan fingerprint density at radius 2 is 1.64 bits per heavy atom. The molecule has 144 valence electrons. The molecule has 25 heavy (non-hydrogen) atoms. The Bertz CT molecular complexity index is 414. The van der Waals surface area contributed by atoms with E-state index in [0.29, 0.717) is 12.0 Å². The summed E-state index contributed by atoms with van der Waals surface area (Å²) < 4.78 is 0. The number of likely N-dealkylation sites (tertiary alicyclic amines) is 1. The zero-order valence-electron chi connectivity index (χ0n) is 16.3. The van der Waals surface area contributed by atoms with Gasteiger partial charge in [-0.05, 0) is 76.3 Å². The number of aliphatic carboxylic acids is 1. The maximum Gasteiger partial charge on any atom is 0.309 e. The van der Waals surface area contributed by atoms with E-state index in [1.807, 2.05) is 0 Å². The standard InChI is InChI=1S/C22H39NO2/c1-2-3-4-7-18-8-10-19(11-9-18)22(21(24)25)14-12-20(13-15-22)23-16-5-6-17-23/h18-20H,2-17H2,1H3,(H,24,25). The van der Waals surface area contributed by atoms with Crippen LogP contribution in [0.1, 0.15) is 96.8 Å². The molecule has 3 rings (SSSR count). The van der Waals surface area contributed by atoms with Crippen molar-refractivity contribution in [2.45, 2.75) is 103 Å². The van der Waals surface area contributed by atoms with Crippen molar-refractivity contribution in [3.63, 3.8) is 0 Å². The van der Waals surface area contributed by atoms with Gasteiger partial charge in [-0.1, -0.05) is 45.4 Å². The zero-order chi connectivity index (χ0) is 17.7. The first-order chi connectivity index (χ1) is 12.2. The third kappa shape index (κ3) is 4.40. The molecule has 0 aromatic carbocycles. The summed E-state index contributed by atoms with van der Waals surface area (Å²) in [5.74, 6) is 0.823. The van der Waals surface area contributed by atoms with E-state index in [1.54, 1.807) is 0 Å². The molecule has 1 saturated heterocycles. The Hall–Kier alpha value is -0.570. The number of hydrogen-bond acceptors (Lipinski definition) is 2. The number of carbonyl (C=O) groups is 1. The highest BCUT2D eigenvalue weighted by molar-refractivity contribution is 5.75. The molecule has 3 nitrogen and oxygen atoms in total. The maximum absolute atomic E-state index is 12.3. The van der Waals surface area contributed by atoms with Crippen LogP contribution in [0.2, 0.25) is 0 Å². The highest BCUT2D eigenvalue weighted by atomic mass is 16.4. The lowest BCUT2D eigenvalue weighted by Crippen LogP contribution is -2.47. The molecule has 0 amide bonds. The van der Waals surface area contributed by atoms with Crippen LogP contribution in [-0.4, -0.2) is 35.1 Å². The molecular weight excluding hydrogens is 310 g/mol. The molecule has 0 unspecified atom stereocenters. The lowest BCUT2D eigenvalue weighted by molar-refractivity contribution is -0.158. The van der Waals surface area contributed by atoms with Crippen molar-refractivity contribution >= 4 is 5.97 Å². The summed E-state index contributed by atoms with van der Waals surface area (Å²) >= 11 is 0. The Labute approximate surface area is 154 Å². The average Bonchev–Trinajstić information content (AvgIpc) is 3.17. The number of rotatable bonds is 7. The molecule has 2 aliphatic carbocycles. The van der Waals surface area contributed by atoms with Crippen LogP contribution < -0.4 is 0 Å². The zero-order valence-corrected chi connectivity index (χ0v) is 16.3. The van der Waals surface area contributed by atoms with Crippen molar-refractivity contribution in [3.8, 4) is 0 Å². The van der Waals surface area contributed by atoms with Crippen LogP contribution in [0.5, 0.6) is 0 Å². The summed E-state index contributed by atoms with van der Waals surface area (Å²) in [6.07, 6.45) is 17.0. The van der Waals surface area contributed by atoms with Crippen molar-refractivity contribution in [3.05, 3.63) is 0 Å². The first-order valence-corrected chi connectivity index (χ1v) is 11.1. The number of hydrogen-bond donors (Lipinski definition) is 1. The summed E-state index contributed by atoms with van der Waals surface area (Å²) in [6, 6.07) is 0.667. The monoisotopic (exact) mass is 349 g/mol. The summed E-state index contributed by atoms with van der Waals surface area (Å²) in [5.41, 5.74) is -0.398. The largest absolute Gasteiger partial charge is 0.481 e. The van der Waals surface area contributed by atoms with Gasteiger partial charge in [-0.15, -0.1) is 0 Å². The van der Waals surface area contributed by atoms with E-state index >= 15 is 0 Å². The number of unbranched alkanes of at least 4 members (excludes halogenated alkanes) is 2. The van der Waals surface area contributed by atoms with Crippen LogP contribution in [0.3, 0.4) is 0 Å². The van der Waals surface area contributed by atoms with Gasteiger partial charge in [-0.25, -0.2) is 0 Å². The lowest BCUT2D eigenvalue weighted by atomic mass is 9.59. The Morgan fingerprint density at radius 3 is 2.20 bits per heavy atom. The van der Waals surface area contributed by atoms with Crippen molar-refractivity contribution in [2.75, 3.05) is 13.1 Å². The van der Waals surface area contributed by atoms with Gasteiger partial charge in [-0.2, -0.15) is 0 Å². The van der Waals surface area contributed by atoms with Crippen molar-refractivity contribution in [2.24, 2.45) is 17.3 Å². The molecule has 1 heterocycles. The second kappa shape index (κ2) is 8.88. The first-order valence-electron chi connectivity index (χ1n) is 11.1. The lowest BCUT2D eigenvalue weighted by Gasteiger charge is -2.46. The van der Waals surface area contributed by atoms with Crippen LogP contribution in [-0.2, 0) is 4.79 Å². The van der Waals surface area contributed by atoms with E-state index in [4.69, 9.17) is 0 Å². The summed E-state index contributed by atoms with van der Waals surface area (Å²) in [4.78, 5) is 14.9. The predicted molar refractivity (Wildman–Crippen MR) is 103 cm³/mol. The topological polar surface area (TPSA) is 40.5 Å². The van der Waals surface area contributed by atoms with Gasteiger partial charge in [0.2, 0.25) is 0 Å². The van der Waals surface area contributed by atoms with Crippen molar-refractivity contribution in [1.29, 1.82) is 0 Å². The number of carboxylic acids is 1. The average molecular weight is 350 g/mol. The van der Waals surface area contributed by atoms with Gasteiger partial charge in [0.05, 0.1) is 5.41 Å². The second-order valence-electron chi connectivity index (χ2n) is 9.15. The fourth-order valence-corrected chi connectivity index (χ4v) is 6.07. The van der Waals surface area contributed by atoms with Gasteiger partial charge in [0, 0.05) is 6.04 Å². The van der Waals surface area contributed by atoms with E-state index in [9.17, 15) is 9.90 Å². The van der Waals surface area contributed by atoms with Crippen molar-refractivity contribution < 1.29 is 9.90 Å². The summed E-state index contributed by atoms with van der Waals surface area (Å²) in [7, 11) is 0. The molecule has 1 N–H and O–H groups in total. The van der Waals surface area contributed by atoms with Gasteiger partial charge in [-0.3, -0.25) is 4.79 Å². The number of nitrogens with zero attached hydrogens (tertiary/aromatic N) is 1. The highest BCUT2D eigenvalue weighted by Gasteiger charge is 2.49. The third-order valence-electron chi connectivity index (χ3n) is 7.77. The second-order valence-corrected chi connectivity index (χ2v) is 9.15. The molecule has 3 fully saturated rings. The van der Waals surface area contributed by atoms with E-state index in [-0.39, 0.29) is 0 Å². The van der Waals surface area contributed by atoms with Crippen LogP contribution in [0.25, 0.3) is 0 Å². The molecule has 3 aliphatic rings. The third-order valence-corrected chi connectivity index (χ3v) is 7.77. The molecule has 2 saturated carbocycles. The quantitative estimate of drug-likeness (QED) is 0.618. The van der Waals surface area contributed by atoms with Gasteiger partial charge in [0.1, 0.15) is 0 Å². The molecule has 0 radical (unpaired) electrons. The van der Waals surface area contributed by atoms with Crippen LogP contribution >= 0.6 is 0 Å². The SMILES string of the molecule is CCCCCC1CCC(C2(C(=O)O)CCC(N3CCCC3)CC2)CC1. The minimum Gasteiger partial charge on any atom is -0.481 e. The highest BCUT2D eigenvalue weighted by Crippen LogP contribution is 2.50. The van der Waals surface area contributed by atoms with Gasteiger partial charge in [0.15, 0.2) is 0 Å². The van der Waals surface area contributed by atoms with E-state index < -0.39 is 11.4 Å². The van der Waals surface area contributed by atoms with E-state index in [1.165, 1.54) is 64.5 Å². The first kappa shape index (κ1) is 19.2. The molecule has 0 atom stereocenters. The smallest absolute Gasteiger partial charge is 0.309 e. The molecule has 0 bridgehead atoms. The molecule has 0 aromatic heterocycles. The fraction of sp³-hybridized carbons (Fsp3) is 0.955. The molecule has 1 aliphatic heterocycles. The van der Waals surface area contributed by atoms with Gasteiger partial charge >= 0.3 is 5.97 Å². The van der Waals surface area contributed by atoms with E-state index in [2.05, 4.69) is 11.8 Å². The van der Waals surface area contributed by atoms with Gasteiger partial charge < -0.3 is 10.0 Å². The van der Waals surface area contributed by atoms with Crippen LogP contribution in [0.15, 0.2) is 0 Å². The summed E-state index contributed by atoms with van der Waals surface area (Å²) in [6.45, 7) is 4.76. The predicted octanol–water partition coefficient (Wildman–Crippen LogP) is 5.48. The molecular formula is C22H39NO2. The molecule has 3 heteroatoms. The number of carboxylic acid groups (broad SMARTS) is 1. The Kier molecular flexibility index (Phi) is 6.82. The minimum atomic E-state index is -0.484. The fourth-order valence-electron chi connectivity index (χ4n) is 6.07. The molecule has 0 spiro atoms. The Morgan fingerprint density at radius 1 is 1.00 bits per heavy atom. The normalized spacial score (nSPS) is 37.2. The minimum absolute atomic E-state index is 0.398. The Balaban J connectivity index is 1.52. The van der Waals surface area contributed by atoms with E-state index in [0.717, 1.165) is 44.4 Å². The summed E-state index contributed by atoms with van der Waals surface area (Å²) in [5, 5.41) is 10.1. The van der Waals surface area contributed by atoms with Gasteiger partial charge in [0.25, 0.3) is 0 Å². The van der Waals surface area contributed by atoms with Crippen molar-refractivity contribution in [1.82, 2.24) is 4.90 Å².